The van der Waals surface area contributed by atoms with Crippen molar-refractivity contribution in [2.75, 3.05) is 25.0 Å². The quantitative estimate of drug-likeness (QED) is 0.376. The third-order valence-corrected chi connectivity index (χ3v) is 10.6. The molecule has 0 bridgehead atoms. The molecule has 206 valence electrons. The topological polar surface area (TPSA) is 149 Å². The minimum absolute atomic E-state index is 0.0243. The summed E-state index contributed by atoms with van der Waals surface area (Å²) in [5, 5.41) is 35.3. The molecule has 1 aromatic heterocycles. The highest BCUT2D eigenvalue weighted by atomic mass is 32.1. The Morgan fingerprint density at radius 3 is 2.63 bits per heavy atom. The summed E-state index contributed by atoms with van der Waals surface area (Å²) in [6.07, 6.45) is 2.81. The molecule has 9 nitrogen and oxygen atoms in total. The lowest BCUT2D eigenvalue weighted by molar-refractivity contribution is -0.148. The number of aliphatic hydroxyl groups is 2. The molecule has 0 radical (unpaired) electrons. The van der Waals surface area contributed by atoms with Crippen molar-refractivity contribution >= 4 is 34.0 Å². The van der Waals surface area contributed by atoms with E-state index in [1.165, 1.54) is 11.3 Å². The summed E-state index contributed by atoms with van der Waals surface area (Å²) < 4.78 is 0. The van der Waals surface area contributed by atoms with Gasteiger partial charge in [0.2, 0.25) is 11.8 Å². The van der Waals surface area contributed by atoms with Gasteiger partial charge < -0.3 is 31.3 Å². The van der Waals surface area contributed by atoms with E-state index in [1.54, 1.807) is 18.2 Å². The Labute approximate surface area is 227 Å². The number of phenolic OH excluding ortho intramolecular Hbond substituents is 1. The Balaban J connectivity index is 1.47. The molecule has 1 aromatic carbocycles. The van der Waals surface area contributed by atoms with Crippen molar-refractivity contribution in [2.45, 2.75) is 64.4 Å². The van der Waals surface area contributed by atoms with Crippen LogP contribution < -0.4 is 11.1 Å². The number of benzene rings is 1. The van der Waals surface area contributed by atoms with Crippen molar-refractivity contribution in [3.63, 3.8) is 0 Å². The molecule has 3 aliphatic rings. The highest BCUT2D eigenvalue weighted by Gasteiger charge is 2.59. The zero-order chi connectivity index (χ0) is 27.2. The van der Waals surface area contributed by atoms with Crippen molar-refractivity contribution < 1.29 is 24.9 Å². The van der Waals surface area contributed by atoms with Gasteiger partial charge in [0.1, 0.15) is 5.75 Å². The second-order valence-corrected chi connectivity index (χ2v) is 12.9. The van der Waals surface area contributed by atoms with Crippen LogP contribution in [-0.2, 0) is 16.0 Å². The molecular formula is C28H38N4O5S. The Bertz CT molecular complexity index is 1210. The first-order chi connectivity index (χ1) is 18.0. The minimum atomic E-state index is -0.686. The predicted octanol–water partition coefficient (Wildman–Crippen LogP) is 3.12. The molecule has 5 unspecified atom stereocenters. The molecule has 2 fully saturated rings. The maximum Gasteiger partial charge on any atom is 0.223 e. The number of hydrogen-bond acceptors (Lipinski definition) is 8. The first-order valence-corrected chi connectivity index (χ1v) is 14.3. The maximum absolute atomic E-state index is 13.6. The van der Waals surface area contributed by atoms with Crippen LogP contribution in [0.2, 0.25) is 0 Å². The first kappa shape index (κ1) is 26.9. The second-order valence-electron chi connectivity index (χ2n) is 11.8. The Morgan fingerprint density at radius 1 is 1.24 bits per heavy atom. The zero-order valence-corrected chi connectivity index (χ0v) is 22.8. The van der Waals surface area contributed by atoms with Gasteiger partial charge in [-0.15, -0.1) is 11.3 Å². The molecule has 1 saturated carbocycles. The third-order valence-electron chi connectivity index (χ3n) is 9.62. The van der Waals surface area contributed by atoms with Gasteiger partial charge in [-0.25, -0.2) is 4.98 Å². The van der Waals surface area contributed by atoms with Crippen LogP contribution in [0.15, 0.2) is 24.3 Å². The number of hydrogen-bond donors (Lipinski definition) is 5. The summed E-state index contributed by atoms with van der Waals surface area (Å²) in [6, 6.07) is 6.87. The van der Waals surface area contributed by atoms with Crippen LogP contribution in [0.5, 0.6) is 5.75 Å². The Hall–Kier alpha value is -2.69. The molecule has 0 spiro atoms. The van der Waals surface area contributed by atoms with E-state index in [1.807, 2.05) is 17.9 Å². The highest BCUT2D eigenvalue weighted by molar-refractivity contribution is 7.15. The number of primary amides is 1. The molecule has 2 aliphatic carbocycles. The summed E-state index contributed by atoms with van der Waals surface area (Å²) in [7, 11) is 0. The molecule has 2 heterocycles. The van der Waals surface area contributed by atoms with Crippen LogP contribution in [0.25, 0.3) is 0 Å². The second kappa shape index (κ2) is 10.1. The first-order valence-electron chi connectivity index (χ1n) is 13.5. The Morgan fingerprint density at radius 2 is 1.97 bits per heavy atom. The van der Waals surface area contributed by atoms with Crippen molar-refractivity contribution in [3.05, 3.63) is 34.8 Å². The number of carbonyl (C=O) groups excluding carboxylic acids is 2. The van der Waals surface area contributed by atoms with Gasteiger partial charge in [-0.05, 0) is 55.6 Å². The van der Waals surface area contributed by atoms with E-state index in [2.05, 4.69) is 12.2 Å². The van der Waals surface area contributed by atoms with E-state index in [9.17, 15) is 24.9 Å². The van der Waals surface area contributed by atoms with Gasteiger partial charge in [0.05, 0.1) is 18.4 Å². The van der Waals surface area contributed by atoms with Crippen LogP contribution >= 0.6 is 11.3 Å². The lowest BCUT2D eigenvalue weighted by Crippen LogP contribution is -2.58. The number of aromatic hydroxyl groups is 1. The maximum atomic E-state index is 13.6. The number of piperidine rings is 1. The molecule has 5 rings (SSSR count). The molecule has 5 atom stereocenters. The summed E-state index contributed by atoms with van der Waals surface area (Å²) >= 11 is 1.53. The van der Waals surface area contributed by atoms with E-state index >= 15 is 0 Å². The molecule has 1 aliphatic heterocycles. The number of fused-ring (bicyclic) bond motifs is 2. The van der Waals surface area contributed by atoms with Crippen LogP contribution in [-0.4, -0.2) is 62.8 Å². The van der Waals surface area contributed by atoms with Gasteiger partial charge in [-0.1, -0.05) is 19.9 Å². The van der Waals surface area contributed by atoms with Crippen LogP contribution in [0.4, 0.5) is 10.8 Å². The molecule has 1 saturated heterocycles. The number of anilines is 2. The summed E-state index contributed by atoms with van der Waals surface area (Å²) in [5.41, 5.74) is 6.10. The van der Waals surface area contributed by atoms with Crippen molar-refractivity contribution in [1.29, 1.82) is 0 Å². The average Bonchev–Trinajstić information content (AvgIpc) is 3.29. The number of thiazole rings is 1. The standard InChI is InChI=1S/C28H38N4O5S/c1-27-9-6-22(35)28(2,15-33)21(27)14-20-24(31-26(38-20)30-17-4-3-5-18(34)12-17)19(27)13-23(36)32-10-7-16(8-11-32)25(29)37/h3-5,12,16,19,21-22,33-35H,6-11,13-15H2,1-2H3,(H2,29,37)(H,30,31). The van der Waals surface area contributed by atoms with Gasteiger partial charge in [-0.2, -0.15) is 0 Å². The number of carbonyl (C=O) groups is 2. The van der Waals surface area contributed by atoms with Crippen LogP contribution in [0.3, 0.4) is 0 Å². The summed E-state index contributed by atoms with van der Waals surface area (Å²) in [6.45, 7) is 5.06. The van der Waals surface area contributed by atoms with Crippen molar-refractivity contribution in [3.8, 4) is 5.75 Å². The van der Waals surface area contributed by atoms with E-state index in [-0.39, 0.29) is 53.8 Å². The van der Waals surface area contributed by atoms with Crippen molar-refractivity contribution in [2.24, 2.45) is 28.4 Å². The van der Waals surface area contributed by atoms with Crippen molar-refractivity contribution in [1.82, 2.24) is 9.88 Å². The number of nitrogens with zero attached hydrogens (tertiary/aromatic N) is 2. The van der Waals surface area contributed by atoms with Gasteiger partial charge in [0.15, 0.2) is 5.13 Å². The zero-order valence-electron chi connectivity index (χ0n) is 22.0. The average molecular weight is 543 g/mol. The lowest BCUT2D eigenvalue weighted by atomic mass is 9.47. The monoisotopic (exact) mass is 542 g/mol. The molecular weight excluding hydrogens is 504 g/mol. The molecule has 2 amide bonds. The number of aliphatic hydroxyl groups excluding tert-OH is 2. The Kier molecular flexibility index (Phi) is 7.17. The van der Waals surface area contributed by atoms with Crippen LogP contribution in [0.1, 0.15) is 62.4 Å². The summed E-state index contributed by atoms with van der Waals surface area (Å²) in [4.78, 5) is 33.1. The van der Waals surface area contributed by atoms with E-state index in [0.29, 0.717) is 43.9 Å². The summed E-state index contributed by atoms with van der Waals surface area (Å²) in [5.74, 6) is -0.487. The van der Waals surface area contributed by atoms with E-state index in [0.717, 1.165) is 22.7 Å². The predicted molar refractivity (Wildman–Crippen MR) is 145 cm³/mol. The molecule has 2 aromatic rings. The number of aromatic nitrogens is 1. The smallest absolute Gasteiger partial charge is 0.223 e. The highest BCUT2D eigenvalue weighted by Crippen LogP contribution is 2.63. The number of nitrogens with one attached hydrogen (secondary N) is 1. The third kappa shape index (κ3) is 4.67. The van der Waals surface area contributed by atoms with E-state index < -0.39 is 11.5 Å². The SMILES string of the molecule is CC1(CO)C(O)CCC2(C)C(CC(=O)N3CCC(C(N)=O)CC3)c3nc(Nc4cccc(O)c4)sc3CC12. The number of nitrogens with two attached hydrogens (primary N) is 1. The minimum Gasteiger partial charge on any atom is -0.508 e. The molecule has 38 heavy (non-hydrogen) atoms. The number of likely N-dealkylation sites (tertiary alicyclic amines) is 1. The molecule has 10 heteroatoms. The lowest BCUT2D eigenvalue weighted by Gasteiger charge is -2.58. The van der Waals surface area contributed by atoms with Gasteiger partial charge in [0.25, 0.3) is 0 Å². The van der Waals surface area contributed by atoms with Gasteiger partial charge in [0, 0.05) is 53.4 Å². The fourth-order valence-electron chi connectivity index (χ4n) is 7.12. The number of phenols is 1. The van der Waals surface area contributed by atoms with Gasteiger partial charge in [-0.3, -0.25) is 9.59 Å². The molecule has 6 N–H and O–H groups in total. The number of rotatable bonds is 6. The normalized spacial score (nSPS) is 31.4. The number of amides is 2. The van der Waals surface area contributed by atoms with Crippen LogP contribution in [0, 0.1) is 22.7 Å². The van der Waals surface area contributed by atoms with E-state index in [4.69, 9.17) is 10.7 Å². The van der Waals surface area contributed by atoms with Gasteiger partial charge >= 0.3 is 0 Å². The fraction of sp³-hybridized carbons (Fsp3) is 0.607. The fourth-order valence-corrected chi connectivity index (χ4v) is 8.21. The largest absolute Gasteiger partial charge is 0.508 e.